The van der Waals surface area contributed by atoms with Crippen molar-refractivity contribution in [2.75, 3.05) is 6.61 Å². The summed E-state index contributed by atoms with van der Waals surface area (Å²) in [4.78, 5) is 10.9. The van der Waals surface area contributed by atoms with Crippen LogP contribution in [0, 0.1) is 6.92 Å². The molecular formula is C26H34N6OS. The van der Waals surface area contributed by atoms with E-state index in [2.05, 4.69) is 70.9 Å². The fraction of sp³-hybridized carbons (Fsp3) is 0.462. The molecule has 1 unspecified atom stereocenters. The standard InChI is InChI=1S/C26H34N6OS/c1-16(2)19-8-10-20(11-9-19)18(4)32-24(22-17(3)28-25(34-22)26(5,6)7)29-23(30-32)21-14-27-31(15-21)12-13-33/h8-11,14-16,18,33H,12-13H2,1-7H3. The van der Waals surface area contributed by atoms with E-state index in [4.69, 9.17) is 15.1 Å². The highest BCUT2D eigenvalue weighted by Gasteiger charge is 2.26. The number of aromatic nitrogens is 6. The zero-order valence-corrected chi connectivity index (χ0v) is 21.9. The van der Waals surface area contributed by atoms with Gasteiger partial charge in [-0.1, -0.05) is 58.9 Å². The summed E-state index contributed by atoms with van der Waals surface area (Å²) in [7, 11) is 0. The van der Waals surface area contributed by atoms with E-state index in [1.54, 1.807) is 22.2 Å². The van der Waals surface area contributed by atoms with Gasteiger partial charge in [0.2, 0.25) is 0 Å². The molecule has 180 valence electrons. The van der Waals surface area contributed by atoms with E-state index in [-0.39, 0.29) is 18.1 Å². The molecule has 0 aliphatic carbocycles. The summed E-state index contributed by atoms with van der Waals surface area (Å²) in [6.07, 6.45) is 3.63. The molecule has 0 fully saturated rings. The minimum Gasteiger partial charge on any atom is -0.394 e. The van der Waals surface area contributed by atoms with Crippen molar-refractivity contribution in [3.63, 3.8) is 0 Å². The van der Waals surface area contributed by atoms with Crippen LogP contribution >= 0.6 is 11.3 Å². The molecule has 0 aliphatic rings. The molecule has 4 rings (SSSR count). The van der Waals surface area contributed by atoms with E-state index in [1.165, 1.54) is 11.1 Å². The second-order valence-corrected chi connectivity index (χ2v) is 11.1. The fourth-order valence-electron chi connectivity index (χ4n) is 3.80. The van der Waals surface area contributed by atoms with Crippen molar-refractivity contribution in [3.8, 4) is 22.1 Å². The maximum absolute atomic E-state index is 9.25. The molecule has 4 aromatic rings. The summed E-state index contributed by atoms with van der Waals surface area (Å²) in [5.74, 6) is 1.93. The molecule has 1 atom stereocenters. The topological polar surface area (TPSA) is 81.7 Å². The van der Waals surface area contributed by atoms with Crippen LogP contribution in [0.3, 0.4) is 0 Å². The van der Waals surface area contributed by atoms with E-state index in [1.807, 2.05) is 17.8 Å². The van der Waals surface area contributed by atoms with Gasteiger partial charge in [-0.3, -0.25) is 4.68 Å². The van der Waals surface area contributed by atoms with Crippen molar-refractivity contribution in [1.29, 1.82) is 0 Å². The summed E-state index contributed by atoms with van der Waals surface area (Å²) < 4.78 is 3.72. The minimum absolute atomic E-state index is 0.00969. The van der Waals surface area contributed by atoms with Crippen molar-refractivity contribution in [1.82, 2.24) is 29.5 Å². The van der Waals surface area contributed by atoms with E-state index in [0.29, 0.717) is 18.3 Å². The molecule has 0 bridgehead atoms. The van der Waals surface area contributed by atoms with Gasteiger partial charge in [0.1, 0.15) is 0 Å². The monoisotopic (exact) mass is 478 g/mol. The van der Waals surface area contributed by atoms with Gasteiger partial charge in [-0.05, 0) is 30.9 Å². The van der Waals surface area contributed by atoms with Crippen molar-refractivity contribution < 1.29 is 5.11 Å². The molecule has 0 saturated heterocycles. The van der Waals surface area contributed by atoms with E-state index in [9.17, 15) is 5.11 Å². The second-order valence-electron chi connectivity index (χ2n) is 10.1. The molecule has 34 heavy (non-hydrogen) atoms. The number of hydrogen-bond donors (Lipinski definition) is 1. The summed E-state index contributed by atoms with van der Waals surface area (Å²) in [6, 6.07) is 8.75. The Bertz CT molecular complexity index is 1260. The number of aliphatic hydroxyl groups excluding tert-OH is 1. The van der Waals surface area contributed by atoms with Gasteiger partial charge in [0.25, 0.3) is 0 Å². The van der Waals surface area contributed by atoms with Gasteiger partial charge in [0.05, 0.1) is 46.5 Å². The van der Waals surface area contributed by atoms with E-state index < -0.39 is 0 Å². The second kappa shape index (κ2) is 9.43. The number of aryl methyl sites for hydroxylation is 1. The number of nitrogens with zero attached hydrogens (tertiary/aromatic N) is 6. The Morgan fingerprint density at radius 2 is 1.71 bits per heavy atom. The lowest BCUT2D eigenvalue weighted by molar-refractivity contribution is 0.269. The molecular weight excluding hydrogens is 444 g/mol. The van der Waals surface area contributed by atoms with Crippen LogP contribution in [0.4, 0.5) is 0 Å². The lowest BCUT2D eigenvalue weighted by atomic mass is 9.98. The number of thiazole rings is 1. The van der Waals surface area contributed by atoms with Gasteiger partial charge in [-0.15, -0.1) is 16.4 Å². The SMILES string of the molecule is Cc1nc(C(C)(C)C)sc1-c1nc(-c2cnn(CCO)c2)nn1C(C)c1ccc(C(C)C)cc1. The normalized spacial score (nSPS) is 13.1. The first-order chi connectivity index (χ1) is 16.1. The van der Waals surface area contributed by atoms with Gasteiger partial charge in [-0.25, -0.2) is 14.6 Å². The Labute approximate surface area is 205 Å². The Morgan fingerprint density at radius 3 is 2.29 bits per heavy atom. The molecule has 0 saturated carbocycles. The van der Waals surface area contributed by atoms with Gasteiger partial charge in [0, 0.05) is 11.6 Å². The largest absolute Gasteiger partial charge is 0.394 e. The summed E-state index contributed by atoms with van der Waals surface area (Å²) in [6.45, 7) is 15.6. The predicted octanol–water partition coefficient (Wildman–Crippen LogP) is 5.60. The van der Waals surface area contributed by atoms with E-state index >= 15 is 0 Å². The van der Waals surface area contributed by atoms with Crippen LogP contribution in [0.25, 0.3) is 22.1 Å². The molecule has 0 radical (unpaired) electrons. The molecule has 8 heteroatoms. The highest BCUT2D eigenvalue weighted by Crippen LogP contribution is 2.37. The average molecular weight is 479 g/mol. The maximum Gasteiger partial charge on any atom is 0.184 e. The molecule has 7 nitrogen and oxygen atoms in total. The van der Waals surface area contributed by atoms with Crippen molar-refractivity contribution in [2.24, 2.45) is 0 Å². The highest BCUT2D eigenvalue weighted by molar-refractivity contribution is 7.15. The highest BCUT2D eigenvalue weighted by atomic mass is 32.1. The van der Waals surface area contributed by atoms with Crippen molar-refractivity contribution >= 4 is 11.3 Å². The van der Waals surface area contributed by atoms with Crippen LogP contribution in [0.5, 0.6) is 0 Å². The van der Waals surface area contributed by atoms with Crippen molar-refractivity contribution in [3.05, 3.63) is 58.5 Å². The first-order valence-corrected chi connectivity index (χ1v) is 12.6. The smallest absolute Gasteiger partial charge is 0.184 e. The first-order valence-electron chi connectivity index (χ1n) is 11.8. The summed E-state index contributed by atoms with van der Waals surface area (Å²) >= 11 is 1.69. The zero-order chi connectivity index (χ0) is 24.6. The molecule has 1 N–H and O–H groups in total. The lowest BCUT2D eigenvalue weighted by Crippen LogP contribution is -2.10. The van der Waals surface area contributed by atoms with Crippen molar-refractivity contribution in [2.45, 2.75) is 72.4 Å². The predicted molar refractivity (Wildman–Crippen MR) is 137 cm³/mol. The molecule has 0 spiro atoms. The average Bonchev–Trinajstić information content (AvgIpc) is 3.51. The van der Waals surface area contributed by atoms with Crippen LogP contribution in [0.2, 0.25) is 0 Å². The van der Waals surface area contributed by atoms with Gasteiger partial charge in [-0.2, -0.15) is 5.10 Å². The van der Waals surface area contributed by atoms with Crippen LogP contribution in [-0.4, -0.2) is 41.2 Å². The third kappa shape index (κ3) is 4.83. The summed E-state index contributed by atoms with van der Waals surface area (Å²) in [5.41, 5.74) is 4.25. The van der Waals surface area contributed by atoms with Gasteiger partial charge < -0.3 is 5.11 Å². The quantitative estimate of drug-likeness (QED) is 0.374. The minimum atomic E-state index is -0.0366. The van der Waals surface area contributed by atoms with E-state index in [0.717, 1.165) is 27.0 Å². The third-order valence-corrected chi connectivity index (χ3v) is 7.52. The molecule has 0 aliphatic heterocycles. The lowest BCUT2D eigenvalue weighted by Gasteiger charge is -2.16. The molecule has 0 amide bonds. The van der Waals surface area contributed by atoms with Crippen LogP contribution in [0.15, 0.2) is 36.7 Å². The Hall–Kier alpha value is -2.84. The number of aliphatic hydroxyl groups is 1. The third-order valence-electron chi connectivity index (χ3n) is 5.95. The van der Waals surface area contributed by atoms with Crippen LogP contribution < -0.4 is 0 Å². The Kier molecular flexibility index (Phi) is 6.73. The van der Waals surface area contributed by atoms with Gasteiger partial charge >= 0.3 is 0 Å². The number of benzene rings is 1. The number of hydrogen-bond acceptors (Lipinski definition) is 6. The van der Waals surface area contributed by atoms with Crippen LogP contribution in [-0.2, 0) is 12.0 Å². The zero-order valence-electron chi connectivity index (χ0n) is 21.1. The Balaban J connectivity index is 1.82. The maximum atomic E-state index is 9.25. The fourth-order valence-corrected chi connectivity index (χ4v) is 4.91. The summed E-state index contributed by atoms with van der Waals surface area (Å²) in [5, 5.41) is 19.6. The van der Waals surface area contributed by atoms with Crippen LogP contribution in [0.1, 0.15) is 75.3 Å². The molecule has 3 aromatic heterocycles. The Morgan fingerprint density at radius 1 is 1.03 bits per heavy atom. The number of rotatable bonds is 7. The molecule has 3 heterocycles. The first kappa shape index (κ1) is 24.3. The molecule has 1 aromatic carbocycles. The van der Waals surface area contributed by atoms with Gasteiger partial charge in [0.15, 0.2) is 11.6 Å².